The van der Waals surface area contributed by atoms with Gasteiger partial charge < -0.3 is 14.8 Å². The van der Waals surface area contributed by atoms with Gasteiger partial charge in [-0.25, -0.2) is 14.8 Å². The average molecular weight is 617 g/mol. The summed E-state index contributed by atoms with van der Waals surface area (Å²) in [6.45, 7) is 2.78. The number of anilines is 1. The highest BCUT2D eigenvalue weighted by molar-refractivity contribution is 7.15. The van der Waals surface area contributed by atoms with Gasteiger partial charge in [0.2, 0.25) is 5.91 Å². The molecule has 3 aliphatic rings. The van der Waals surface area contributed by atoms with Gasteiger partial charge in [0.05, 0.1) is 17.0 Å². The first kappa shape index (κ1) is 30.6. The molecule has 3 aliphatic carbocycles. The minimum atomic E-state index is -0.407. The first-order chi connectivity index (χ1) is 21.4. The summed E-state index contributed by atoms with van der Waals surface area (Å²) in [5, 5.41) is 3.74. The minimum absolute atomic E-state index is 0.103. The number of alkyl carbamates (subject to hydrolysis) is 1. The molecule has 0 aliphatic heterocycles. The fraction of sp³-hybridized carbons (Fsp3) is 0.543. The van der Waals surface area contributed by atoms with Crippen LogP contribution in [-0.2, 0) is 9.53 Å². The number of hydrogen-bond acceptors (Lipinski definition) is 7. The van der Waals surface area contributed by atoms with Gasteiger partial charge in [0.1, 0.15) is 17.7 Å². The maximum Gasteiger partial charge on any atom is 0.407 e. The highest BCUT2D eigenvalue weighted by atomic mass is 32.1. The lowest BCUT2D eigenvalue weighted by atomic mass is 9.78. The maximum atomic E-state index is 14.2. The first-order valence-corrected chi connectivity index (χ1v) is 17.0. The summed E-state index contributed by atoms with van der Waals surface area (Å²) < 4.78 is 11.0. The normalized spacial score (nSPS) is 23.5. The Hall–Kier alpha value is -3.46. The van der Waals surface area contributed by atoms with Gasteiger partial charge in [0.15, 0.2) is 0 Å². The molecule has 44 heavy (non-hydrogen) atoms. The van der Waals surface area contributed by atoms with Gasteiger partial charge in [-0.2, -0.15) is 0 Å². The molecular formula is C35H44N4O4S. The zero-order valence-electron chi connectivity index (χ0n) is 26.1. The molecule has 0 bridgehead atoms. The predicted octanol–water partition coefficient (Wildman–Crippen LogP) is 7.62. The second-order valence-electron chi connectivity index (χ2n) is 12.8. The summed E-state index contributed by atoms with van der Waals surface area (Å²) in [4.78, 5) is 38.5. The number of carbonyl (C=O) groups excluding carboxylic acids is 2. The molecule has 234 valence electrons. The van der Waals surface area contributed by atoms with E-state index in [0.29, 0.717) is 50.0 Å². The number of aromatic nitrogens is 2. The SMILES string of the molecule is CNC(=O)OC1CCC(C(=O)N(CC2CCC(c3ccc(OC)c(C)c3)CC2)c2cc(-c3cnc(C4CC4)s3)ccn2)CC1. The predicted molar refractivity (Wildman–Crippen MR) is 173 cm³/mol. The summed E-state index contributed by atoms with van der Waals surface area (Å²) >= 11 is 1.76. The topological polar surface area (TPSA) is 93.7 Å². The molecule has 1 N–H and O–H groups in total. The van der Waals surface area contributed by atoms with Crippen molar-refractivity contribution >= 4 is 29.2 Å². The third-order valence-electron chi connectivity index (χ3n) is 9.70. The van der Waals surface area contributed by atoms with E-state index in [-0.39, 0.29) is 17.9 Å². The molecule has 3 aromatic rings. The second kappa shape index (κ2) is 13.7. The highest BCUT2D eigenvalue weighted by Crippen LogP contribution is 2.44. The molecule has 6 rings (SSSR count). The Morgan fingerprint density at radius 1 is 0.955 bits per heavy atom. The van der Waals surface area contributed by atoms with Gasteiger partial charge in [-0.1, -0.05) is 12.1 Å². The second-order valence-corrected chi connectivity index (χ2v) is 13.8. The molecule has 0 spiro atoms. The van der Waals surface area contributed by atoms with Gasteiger partial charge in [-0.15, -0.1) is 11.3 Å². The number of nitrogens with zero attached hydrogens (tertiary/aromatic N) is 3. The molecular weight excluding hydrogens is 572 g/mol. The van der Waals surface area contributed by atoms with Crippen LogP contribution in [0.3, 0.4) is 0 Å². The van der Waals surface area contributed by atoms with Crippen LogP contribution in [0.25, 0.3) is 10.4 Å². The molecule has 0 radical (unpaired) electrons. The lowest BCUT2D eigenvalue weighted by Gasteiger charge is -2.35. The Morgan fingerprint density at radius 3 is 2.39 bits per heavy atom. The molecule has 3 fully saturated rings. The van der Waals surface area contributed by atoms with E-state index in [0.717, 1.165) is 47.7 Å². The third-order valence-corrected chi connectivity index (χ3v) is 10.9. The Morgan fingerprint density at radius 2 is 1.70 bits per heavy atom. The minimum Gasteiger partial charge on any atom is -0.496 e. The van der Waals surface area contributed by atoms with Crippen LogP contribution >= 0.6 is 11.3 Å². The molecule has 1 aromatic carbocycles. The van der Waals surface area contributed by atoms with Gasteiger partial charge in [0, 0.05) is 37.8 Å². The Labute approximate surface area is 264 Å². The third kappa shape index (κ3) is 7.09. The number of pyridine rings is 1. The van der Waals surface area contributed by atoms with E-state index in [4.69, 9.17) is 14.5 Å². The van der Waals surface area contributed by atoms with Gasteiger partial charge in [-0.05, 0) is 118 Å². The fourth-order valence-electron chi connectivity index (χ4n) is 6.91. The van der Waals surface area contributed by atoms with E-state index in [1.54, 1.807) is 25.5 Å². The standard InChI is InChI=1S/C35H44N4O4S/c1-22-18-27(12-15-30(22)42-3)24-6-4-23(5-7-24)21-39(34(40)26-10-13-29(14-11-26)43-35(41)36-2)32-19-28(16-17-37-32)31-20-38-33(44-31)25-8-9-25/h12,15-20,23-26,29H,4-11,13-14,21H2,1-3H3,(H,36,41). The molecule has 2 aromatic heterocycles. The maximum absolute atomic E-state index is 14.2. The lowest BCUT2D eigenvalue weighted by Crippen LogP contribution is -2.42. The van der Waals surface area contributed by atoms with Crippen LogP contribution in [0.1, 0.15) is 92.2 Å². The zero-order chi connectivity index (χ0) is 30.6. The van der Waals surface area contributed by atoms with E-state index in [1.807, 2.05) is 23.4 Å². The number of methoxy groups -OCH3 is 1. The number of thiazole rings is 1. The quantitative estimate of drug-likeness (QED) is 0.266. The Balaban J connectivity index is 1.17. The summed E-state index contributed by atoms with van der Waals surface area (Å²) in [5.41, 5.74) is 3.63. The smallest absolute Gasteiger partial charge is 0.407 e. The highest BCUT2D eigenvalue weighted by Gasteiger charge is 2.34. The van der Waals surface area contributed by atoms with Crippen molar-refractivity contribution in [3.8, 4) is 16.2 Å². The van der Waals surface area contributed by atoms with Crippen molar-refractivity contribution < 1.29 is 19.1 Å². The summed E-state index contributed by atoms with van der Waals surface area (Å²) in [7, 11) is 3.29. The average Bonchev–Trinajstić information content (AvgIpc) is 3.79. The molecule has 0 unspecified atom stereocenters. The monoisotopic (exact) mass is 616 g/mol. The van der Waals surface area contributed by atoms with E-state index in [1.165, 1.54) is 29.0 Å². The largest absolute Gasteiger partial charge is 0.496 e. The van der Waals surface area contributed by atoms with E-state index in [2.05, 4.69) is 41.5 Å². The molecule has 8 nitrogen and oxygen atoms in total. The number of benzene rings is 1. The van der Waals surface area contributed by atoms with Gasteiger partial charge in [-0.3, -0.25) is 9.69 Å². The number of aryl methyl sites for hydroxylation is 1. The molecule has 0 atom stereocenters. The number of amides is 2. The van der Waals surface area contributed by atoms with Crippen molar-refractivity contribution in [2.24, 2.45) is 11.8 Å². The molecule has 3 saturated carbocycles. The van der Waals surface area contributed by atoms with Crippen LogP contribution in [0.15, 0.2) is 42.7 Å². The van der Waals surface area contributed by atoms with Crippen LogP contribution < -0.4 is 15.0 Å². The van der Waals surface area contributed by atoms with Crippen LogP contribution in [0.5, 0.6) is 5.75 Å². The van der Waals surface area contributed by atoms with E-state index >= 15 is 0 Å². The van der Waals surface area contributed by atoms with Crippen LogP contribution in [0.4, 0.5) is 10.6 Å². The van der Waals surface area contributed by atoms with Crippen LogP contribution in [-0.4, -0.2) is 48.8 Å². The molecule has 0 saturated heterocycles. The Bertz CT molecular complexity index is 1450. The number of ether oxygens (including phenoxy) is 2. The van der Waals surface area contributed by atoms with Crippen LogP contribution in [0.2, 0.25) is 0 Å². The number of rotatable bonds is 9. The van der Waals surface area contributed by atoms with Crippen LogP contribution in [0, 0.1) is 18.8 Å². The van der Waals surface area contributed by atoms with E-state index < -0.39 is 6.09 Å². The van der Waals surface area contributed by atoms with Gasteiger partial charge in [0.25, 0.3) is 0 Å². The summed E-state index contributed by atoms with van der Waals surface area (Å²) in [6.07, 6.45) is 12.9. The number of nitrogens with one attached hydrogen (secondary N) is 1. The van der Waals surface area contributed by atoms with Gasteiger partial charge >= 0.3 is 6.09 Å². The molecule has 2 amide bonds. The summed E-state index contributed by atoms with van der Waals surface area (Å²) in [6, 6.07) is 10.7. The number of carbonyl (C=O) groups is 2. The molecule has 9 heteroatoms. The van der Waals surface area contributed by atoms with Crippen molar-refractivity contribution in [3.63, 3.8) is 0 Å². The van der Waals surface area contributed by atoms with Crippen molar-refractivity contribution in [1.29, 1.82) is 0 Å². The molecule has 2 heterocycles. The summed E-state index contributed by atoms with van der Waals surface area (Å²) in [5.74, 6) is 3.26. The Kier molecular flexibility index (Phi) is 9.50. The lowest BCUT2D eigenvalue weighted by molar-refractivity contribution is -0.124. The zero-order valence-corrected chi connectivity index (χ0v) is 26.9. The van der Waals surface area contributed by atoms with E-state index in [9.17, 15) is 9.59 Å². The fourth-order valence-corrected chi connectivity index (χ4v) is 7.99. The number of hydrogen-bond donors (Lipinski definition) is 1. The van der Waals surface area contributed by atoms with Crippen molar-refractivity contribution in [2.45, 2.75) is 89.1 Å². The van der Waals surface area contributed by atoms with Crippen molar-refractivity contribution in [2.75, 3.05) is 25.6 Å². The van der Waals surface area contributed by atoms with Crippen molar-refractivity contribution in [1.82, 2.24) is 15.3 Å². The first-order valence-electron chi connectivity index (χ1n) is 16.2. The van der Waals surface area contributed by atoms with Crippen molar-refractivity contribution in [3.05, 3.63) is 58.9 Å².